The smallest absolute Gasteiger partial charge is 0.256 e. The summed E-state index contributed by atoms with van der Waals surface area (Å²) < 4.78 is 6.05. The molecule has 2 aromatic carbocycles. The molecule has 3 unspecified atom stereocenters. The molecule has 3 N–H and O–H groups in total. The van der Waals surface area contributed by atoms with Crippen LogP contribution < -0.4 is 16.1 Å². The number of carbonyl (C=O) groups excluding carboxylic acids is 1. The number of hydrazine groups is 1. The van der Waals surface area contributed by atoms with E-state index in [0.717, 1.165) is 21.7 Å². The standard InChI is InChI=1S/C19H22N4O2S/c1-11-8-9-12(2)13(10-11)18-23(3)22-19(25-18)21-16(24)17-20-14-6-4-5-7-15(14)26-17/h4-10,17-20,22H,1-3H3,(H,21,24). The number of nitrogens with one attached hydrogen (secondary N) is 3. The topological polar surface area (TPSA) is 65.6 Å². The van der Waals surface area contributed by atoms with E-state index in [0.29, 0.717) is 0 Å². The molecule has 0 bridgehead atoms. The molecule has 2 aliphatic heterocycles. The Morgan fingerprint density at radius 1 is 1.23 bits per heavy atom. The Labute approximate surface area is 157 Å². The van der Waals surface area contributed by atoms with E-state index in [1.165, 1.54) is 17.3 Å². The van der Waals surface area contributed by atoms with Gasteiger partial charge in [-0.3, -0.25) is 4.79 Å². The number of para-hydroxylation sites is 1. The molecule has 1 amide bonds. The summed E-state index contributed by atoms with van der Waals surface area (Å²) in [5, 5.41) is 7.68. The van der Waals surface area contributed by atoms with Crippen molar-refractivity contribution in [2.24, 2.45) is 0 Å². The van der Waals surface area contributed by atoms with Crippen LogP contribution in [0.2, 0.25) is 0 Å². The number of anilines is 1. The van der Waals surface area contributed by atoms with Crippen LogP contribution in [-0.4, -0.2) is 29.7 Å². The van der Waals surface area contributed by atoms with Crippen molar-refractivity contribution in [1.29, 1.82) is 0 Å². The lowest BCUT2D eigenvalue weighted by Gasteiger charge is -2.19. The second-order valence-electron chi connectivity index (χ2n) is 6.62. The Kier molecular flexibility index (Phi) is 4.62. The molecule has 6 nitrogen and oxygen atoms in total. The van der Waals surface area contributed by atoms with Crippen LogP contribution in [0.1, 0.15) is 22.9 Å². The van der Waals surface area contributed by atoms with Crippen LogP contribution in [0, 0.1) is 13.8 Å². The number of benzene rings is 2. The van der Waals surface area contributed by atoms with E-state index >= 15 is 0 Å². The van der Waals surface area contributed by atoms with Gasteiger partial charge in [-0.2, -0.15) is 0 Å². The van der Waals surface area contributed by atoms with Crippen LogP contribution in [0.3, 0.4) is 0 Å². The maximum Gasteiger partial charge on any atom is 0.256 e. The van der Waals surface area contributed by atoms with Gasteiger partial charge in [-0.25, -0.2) is 10.4 Å². The monoisotopic (exact) mass is 370 g/mol. The number of aryl methyl sites for hydroxylation is 2. The molecule has 0 spiro atoms. The summed E-state index contributed by atoms with van der Waals surface area (Å²) in [4.78, 5) is 13.7. The summed E-state index contributed by atoms with van der Waals surface area (Å²) in [6.45, 7) is 4.12. The predicted molar refractivity (Wildman–Crippen MR) is 102 cm³/mol. The minimum atomic E-state index is -0.566. The molecule has 2 heterocycles. The highest BCUT2D eigenvalue weighted by Gasteiger charge is 2.35. The molecule has 1 fully saturated rings. The molecule has 0 saturated carbocycles. The highest BCUT2D eigenvalue weighted by Crippen LogP contribution is 2.38. The van der Waals surface area contributed by atoms with Gasteiger partial charge in [0.1, 0.15) is 0 Å². The molecular weight excluding hydrogens is 348 g/mol. The number of nitrogens with zero attached hydrogens (tertiary/aromatic N) is 1. The van der Waals surface area contributed by atoms with Gasteiger partial charge in [0.15, 0.2) is 11.6 Å². The number of carbonyl (C=O) groups is 1. The minimum absolute atomic E-state index is 0.112. The van der Waals surface area contributed by atoms with E-state index in [-0.39, 0.29) is 17.5 Å². The molecular formula is C19H22N4O2S. The number of rotatable bonds is 3. The van der Waals surface area contributed by atoms with Crippen LogP contribution in [0.15, 0.2) is 47.4 Å². The van der Waals surface area contributed by atoms with Gasteiger partial charge < -0.3 is 15.4 Å². The van der Waals surface area contributed by atoms with Crippen molar-refractivity contribution in [2.75, 3.05) is 12.4 Å². The van der Waals surface area contributed by atoms with Crippen LogP contribution >= 0.6 is 11.8 Å². The SMILES string of the molecule is Cc1ccc(C)c(C2OC(NC(=O)C3Nc4ccccc4S3)NN2C)c1. The first-order valence-electron chi connectivity index (χ1n) is 8.55. The van der Waals surface area contributed by atoms with Crippen LogP contribution in [-0.2, 0) is 9.53 Å². The second-order valence-corrected chi connectivity index (χ2v) is 7.76. The molecule has 0 aliphatic carbocycles. The van der Waals surface area contributed by atoms with E-state index in [4.69, 9.17) is 4.74 Å². The maximum atomic E-state index is 12.6. The van der Waals surface area contributed by atoms with Gasteiger partial charge in [-0.15, -0.1) is 0 Å². The van der Waals surface area contributed by atoms with Crippen molar-refractivity contribution >= 4 is 23.4 Å². The van der Waals surface area contributed by atoms with Gasteiger partial charge in [0.05, 0.1) is 0 Å². The van der Waals surface area contributed by atoms with Crippen molar-refractivity contribution in [3.05, 3.63) is 59.2 Å². The average molecular weight is 370 g/mol. The highest BCUT2D eigenvalue weighted by molar-refractivity contribution is 8.01. The second kappa shape index (κ2) is 6.92. The number of thioether (sulfide) groups is 1. The van der Waals surface area contributed by atoms with Crippen molar-refractivity contribution < 1.29 is 9.53 Å². The molecule has 26 heavy (non-hydrogen) atoms. The zero-order valence-electron chi connectivity index (χ0n) is 14.9. The van der Waals surface area contributed by atoms with Gasteiger partial charge in [-0.1, -0.05) is 47.7 Å². The van der Waals surface area contributed by atoms with Gasteiger partial charge in [0, 0.05) is 23.2 Å². The first kappa shape index (κ1) is 17.4. The van der Waals surface area contributed by atoms with Crippen molar-refractivity contribution in [1.82, 2.24) is 15.8 Å². The van der Waals surface area contributed by atoms with E-state index in [9.17, 15) is 4.79 Å². The van der Waals surface area contributed by atoms with Crippen LogP contribution in [0.5, 0.6) is 0 Å². The third kappa shape index (κ3) is 3.31. The average Bonchev–Trinajstić information content (AvgIpc) is 3.20. The largest absolute Gasteiger partial charge is 0.364 e. The summed E-state index contributed by atoms with van der Waals surface area (Å²) >= 11 is 1.51. The molecule has 0 aromatic heterocycles. The van der Waals surface area contributed by atoms with Gasteiger partial charge in [-0.05, 0) is 31.5 Å². The van der Waals surface area contributed by atoms with Gasteiger partial charge in [0.2, 0.25) is 6.35 Å². The van der Waals surface area contributed by atoms with Crippen molar-refractivity contribution in [3.63, 3.8) is 0 Å². The Balaban J connectivity index is 1.41. The van der Waals surface area contributed by atoms with Gasteiger partial charge in [0.25, 0.3) is 5.91 Å². The Hall–Kier alpha value is -2.06. The molecule has 3 atom stereocenters. The molecule has 2 aromatic rings. The fourth-order valence-electron chi connectivity index (χ4n) is 3.19. The number of hydrogen-bond acceptors (Lipinski definition) is 6. The molecule has 4 rings (SSSR count). The van der Waals surface area contributed by atoms with E-state index < -0.39 is 6.35 Å². The van der Waals surface area contributed by atoms with E-state index in [1.54, 1.807) is 0 Å². The van der Waals surface area contributed by atoms with Crippen molar-refractivity contribution in [3.8, 4) is 0 Å². The van der Waals surface area contributed by atoms with Gasteiger partial charge >= 0.3 is 0 Å². The number of hydrogen-bond donors (Lipinski definition) is 3. The number of ether oxygens (including phenoxy) is 1. The minimum Gasteiger partial charge on any atom is -0.364 e. The Bertz CT molecular complexity index is 819. The fourth-order valence-corrected chi connectivity index (χ4v) is 4.21. The summed E-state index contributed by atoms with van der Waals surface area (Å²) in [5.74, 6) is -0.112. The quantitative estimate of drug-likeness (QED) is 0.772. The summed E-state index contributed by atoms with van der Waals surface area (Å²) in [6, 6.07) is 14.2. The molecule has 136 valence electrons. The number of amides is 1. The molecule has 2 aliphatic rings. The highest BCUT2D eigenvalue weighted by atomic mass is 32.2. The van der Waals surface area contributed by atoms with Crippen LogP contribution in [0.4, 0.5) is 5.69 Å². The Morgan fingerprint density at radius 3 is 2.85 bits per heavy atom. The predicted octanol–water partition coefficient (Wildman–Crippen LogP) is 2.71. The normalized spacial score (nSPS) is 25.0. The first-order chi connectivity index (χ1) is 12.5. The lowest BCUT2D eigenvalue weighted by molar-refractivity contribution is -0.124. The summed E-state index contributed by atoms with van der Waals surface area (Å²) in [6.07, 6.45) is -0.815. The first-order valence-corrected chi connectivity index (χ1v) is 9.43. The third-order valence-electron chi connectivity index (χ3n) is 4.57. The zero-order valence-corrected chi connectivity index (χ0v) is 15.8. The molecule has 0 radical (unpaired) electrons. The molecule has 7 heteroatoms. The van der Waals surface area contributed by atoms with E-state index in [1.807, 2.05) is 36.3 Å². The summed E-state index contributed by atoms with van der Waals surface area (Å²) in [7, 11) is 1.91. The van der Waals surface area contributed by atoms with E-state index in [2.05, 4.69) is 48.1 Å². The lowest BCUT2D eigenvalue weighted by Crippen LogP contribution is -2.49. The van der Waals surface area contributed by atoms with Crippen molar-refractivity contribution in [2.45, 2.75) is 36.7 Å². The molecule has 1 saturated heterocycles. The van der Waals surface area contributed by atoms with Crippen LogP contribution in [0.25, 0.3) is 0 Å². The summed E-state index contributed by atoms with van der Waals surface area (Å²) in [5.41, 5.74) is 7.59. The zero-order chi connectivity index (χ0) is 18.3. The lowest BCUT2D eigenvalue weighted by atomic mass is 10.0. The Morgan fingerprint density at radius 2 is 2.04 bits per heavy atom. The third-order valence-corrected chi connectivity index (χ3v) is 5.75. The fraction of sp³-hybridized carbons (Fsp3) is 0.316. The maximum absolute atomic E-state index is 12.6. The number of fused-ring (bicyclic) bond motifs is 1.